The molecule has 0 N–H and O–H groups in total. The Morgan fingerprint density at radius 2 is 1.62 bits per heavy atom. The summed E-state index contributed by atoms with van der Waals surface area (Å²) in [5, 5.41) is 12.9. The molecule has 1 saturated heterocycles. The lowest BCUT2D eigenvalue weighted by Gasteiger charge is -2.30. The van der Waals surface area contributed by atoms with Gasteiger partial charge in [-0.2, -0.15) is 5.01 Å². The number of halogens is 2. The molecule has 11 heteroatoms. The van der Waals surface area contributed by atoms with Gasteiger partial charge in [-0.05, 0) is 31.0 Å². The molecule has 0 bridgehead atoms. The lowest BCUT2D eigenvalue weighted by atomic mass is 9.85. The van der Waals surface area contributed by atoms with E-state index in [2.05, 4.69) is 0 Å². The fraction of sp³-hybridized carbons (Fsp3) is 0.217. The van der Waals surface area contributed by atoms with E-state index in [-0.39, 0.29) is 26.9 Å². The summed E-state index contributed by atoms with van der Waals surface area (Å²) in [5.41, 5.74) is -0.340. The van der Waals surface area contributed by atoms with Crippen molar-refractivity contribution < 1.29 is 24.1 Å². The number of nitro benzene ring substituents is 1. The Morgan fingerprint density at radius 1 is 0.971 bits per heavy atom. The van der Waals surface area contributed by atoms with Crippen LogP contribution >= 0.6 is 23.2 Å². The van der Waals surface area contributed by atoms with Crippen molar-refractivity contribution in [2.75, 3.05) is 6.54 Å². The number of imide groups is 1. The number of nitro groups is 1. The number of rotatable bonds is 6. The van der Waals surface area contributed by atoms with Crippen LogP contribution in [0.15, 0.2) is 54.6 Å². The monoisotopic (exact) mass is 501 g/mol. The number of ketones is 1. The Balaban J connectivity index is 1.71. The maximum absolute atomic E-state index is 13.4. The lowest BCUT2D eigenvalue weighted by molar-refractivity contribution is -0.384. The van der Waals surface area contributed by atoms with Crippen molar-refractivity contribution in [3.8, 4) is 0 Å². The van der Waals surface area contributed by atoms with Gasteiger partial charge in [0.15, 0.2) is 5.78 Å². The number of carbonyl (C=O) groups is 4. The van der Waals surface area contributed by atoms with Gasteiger partial charge in [0.05, 0.1) is 26.8 Å². The predicted octanol–water partition coefficient (Wildman–Crippen LogP) is 4.09. The van der Waals surface area contributed by atoms with Gasteiger partial charge in [-0.25, -0.2) is 5.01 Å². The minimum atomic E-state index is -0.814. The van der Waals surface area contributed by atoms with Gasteiger partial charge in [0.25, 0.3) is 23.4 Å². The first kappa shape index (κ1) is 23.6. The molecular formula is C23H17Cl2N3O6. The number of fused-ring (bicyclic) bond motifs is 1. The maximum Gasteiger partial charge on any atom is 0.273 e. The molecule has 2 aliphatic rings. The van der Waals surface area contributed by atoms with Crippen molar-refractivity contribution in [2.45, 2.75) is 12.8 Å². The third-order valence-corrected chi connectivity index (χ3v) is 6.54. The normalized spacial score (nSPS) is 19.2. The number of hydrogen-bond donors (Lipinski definition) is 0. The fourth-order valence-corrected chi connectivity index (χ4v) is 4.35. The highest BCUT2D eigenvalue weighted by Gasteiger charge is 2.51. The fourth-order valence-electron chi connectivity index (χ4n) is 4.05. The summed E-state index contributed by atoms with van der Waals surface area (Å²) < 4.78 is 0. The van der Waals surface area contributed by atoms with E-state index in [4.69, 9.17) is 23.2 Å². The van der Waals surface area contributed by atoms with Gasteiger partial charge < -0.3 is 0 Å². The van der Waals surface area contributed by atoms with Crippen LogP contribution in [0.1, 0.15) is 33.6 Å². The molecule has 3 amide bonds. The quantitative estimate of drug-likeness (QED) is 0.193. The summed E-state index contributed by atoms with van der Waals surface area (Å²) in [7, 11) is 0. The number of benzene rings is 2. The van der Waals surface area contributed by atoms with Crippen molar-refractivity contribution in [1.29, 1.82) is 0 Å². The van der Waals surface area contributed by atoms with Crippen LogP contribution in [0.25, 0.3) is 0 Å². The molecule has 0 unspecified atom stereocenters. The second-order valence-electron chi connectivity index (χ2n) is 7.87. The summed E-state index contributed by atoms with van der Waals surface area (Å²) in [6.07, 6.45) is 4.29. The largest absolute Gasteiger partial charge is 0.292 e. The number of allylic oxidation sites excluding steroid dienone is 2. The van der Waals surface area contributed by atoms with Crippen LogP contribution in [0.5, 0.6) is 0 Å². The Labute approximate surface area is 203 Å². The van der Waals surface area contributed by atoms with Crippen LogP contribution in [-0.4, -0.2) is 45.0 Å². The predicted molar refractivity (Wildman–Crippen MR) is 122 cm³/mol. The van der Waals surface area contributed by atoms with E-state index < -0.39 is 46.8 Å². The summed E-state index contributed by atoms with van der Waals surface area (Å²) in [6.45, 7) is -0.690. The van der Waals surface area contributed by atoms with Crippen molar-refractivity contribution in [3.05, 3.63) is 85.9 Å². The van der Waals surface area contributed by atoms with Gasteiger partial charge >= 0.3 is 0 Å². The summed E-state index contributed by atoms with van der Waals surface area (Å²) in [5.74, 6) is -3.93. The topological polar surface area (TPSA) is 118 Å². The third kappa shape index (κ3) is 4.32. The molecule has 1 heterocycles. The van der Waals surface area contributed by atoms with E-state index in [9.17, 15) is 29.3 Å². The Kier molecular flexibility index (Phi) is 6.49. The van der Waals surface area contributed by atoms with Crippen LogP contribution in [-0.2, 0) is 9.59 Å². The molecule has 34 heavy (non-hydrogen) atoms. The molecule has 9 nitrogen and oxygen atoms in total. The molecule has 0 spiro atoms. The number of hydrazine groups is 1. The Hall–Kier alpha value is -3.56. The molecule has 0 saturated carbocycles. The van der Waals surface area contributed by atoms with Gasteiger partial charge in [-0.1, -0.05) is 47.5 Å². The average Bonchev–Trinajstić information content (AvgIpc) is 3.09. The molecule has 4 rings (SSSR count). The van der Waals surface area contributed by atoms with Crippen LogP contribution in [0, 0.1) is 22.0 Å². The van der Waals surface area contributed by atoms with Gasteiger partial charge in [-0.3, -0.25) is 29.3 Å². The molecule has 0 radical (unpaired) electrons. The van der Waals surface area contributed by atoms with Crippen molar-refractivity contribution in [2.24, 2.45) is 11.8 Å². The van der Waals surface area contributed by atoms with E-state index in [1.54, 1.807) is 12.2 Å². The molecule has 2 atom stereocenters. The second kappa shape index (κ2) is 9.36. The lowest BCUT2D eigenvalue weighted by Crippen LogP contribution is -2.52. The van der Waals surface area contributed by atoms with E-state index in [1.807, 2.05) is 0 Å². The van der Waals surface area contributed by atoms with Crippen LogP contribution in [0.3, 0.4) is 0 Å². The maximum atomic E-state index is 13.4. The van der Waals surface area contributed by atoms with Gasteiger partial charge in [0.2, 0.25) is 0 Å². The molecular weight excluding hydrogens is 485 g/mol. The summed E-state index contributed by atoms with van der Waals surface area (Å²) in [4.78, 5) is 63.2. The van der Waals surface area contributed by atoms with E-state index in [1.165, 1.54) is 36.4 Å². The van der Waals surface area contributed by atoms with Crippen LogP contribution in [0.2, 0.25) is 10.0 Å². The standard InChI is InChI=1S/C23H17Cl2N3O6/c24-18-9-8-14(11-19(18)25)21(30)26(12-20(29)13-4-3-5-15(10-13)28(33)34)27-22(31)16-6-1-2-7-17(16)23(27)32/h1-5,8-11,16-17H,6-7,12H2/t16-,17-/m0/s1. The van der Waals surface area contributed by atoms with Crippen molar-refractivity contribution in [1.82, 2.24) is 10.0 Å². The van der Waals surface area contributed by atoms with Gasteiger partial charge in [0, 0.05) is 23.3 Å². The Morgan fingerprint density at radius 3 is 2.21 bits per heavy atom. The van der Waals surface area contributed by atoms with Crippen molar-refractivity contribution >= 4 is 52.4 Å². The van der Waals surface area contributed by atoms with E-state index in [0.717, 1.165) is 16.1 Å². The zero-order chi connectivity index (χ0) is 24.6. The van der Waals surface area contributed by atoms with Crippen molar-refractivity contribution in [3.63, 3.8) is 0 Å². The number of non-ortho nitro benzene ring substituents is 1. The third-order valence-electron chi connectivity index (χ3n) is 5.80. The molecule has 1 fully saturated rings. The smallest absolute Gasteiger partial charge is 0.273 e. The van der Waals surface area contributed by atoms with E-state index >= 15 is 0 Å². The molecule has 2 aromatic rings. The van der Waals surface area contributed by atoms with Crippen LogP contribution < -0.4 is 0 Å². The minimum absolute atomic E-state index is 0.00911. The number of hydrogen-bond acceptors (Lipinski definition) is 6. The minimum Gasteiger partial charge on any atom is -0.292 e. The number of nitrogens with zero attached hydrogens (tertiary/aromatic N) is 3. The first-order chi connectivity index (χ1) is 16.2. The molecule has 174 valence electrons. The SMILES string of the molecule is O=C(CN(C(=O)c1ccc(Cl)c(Cl)c1)N1C(=O)[C@H]2CC=CC[C@@H]2C1=O)c1cccc([N+](=O)[O-])c1. The molecule has 1 aliphatic heterocycles. The summed E-state index contributed by atoms with van der Waals surface area (Å²) >= 11 is 12.0. The summed E-state index contributed by atoms with van der Waals surface area (Å²) in [6, 6.07) is 9.01. The molecule has 2 aromatic carbocycles. The highest BCUT2D eigenvalue weighted by Crippen LogP contribution is 2.36. The zero-order valence-electron chi connectivity index (χ0n) is 17.5. The molecule has 0 aromatic heterocycles. The van der Waals surface area contributed by atoms with Gasteiger partial charge in [-0.15, -0.1) is 0 Å². The zero-order valence-corrected chi connectivity index (χ0v) is 19.0. The average molecular weight is 502 g/mol. The number of carbonyl (C=O) groups excluding carboxylic acids is 4. The number of amides is 3. The van der Waals surface area contributed by atoms with E-state index in [0.29, 0.717) is 12.8 Å². The van der Waals surface area contributed by atoms with Gasteiger partial charge in [0.1, 0.15) is 6.54 Å². The Bertz CT molecular complexity index is 1240. The second-order valence-corrected chi connectivity index (χ2v) is 8.68. The first-order valence-corrected chi connectivity index (χ1v) is 11.0. The van der Waals surface area contributed by atoms with Crippen LogP contribution in [0.4, 0.5) is 5.69 Å². The highest BCUT2D eigenvalue weighted by molar-refractivity contribution is 6.42. The first-order valence-electron chi connectivity index (χ1n) is 10.3. The number of Topliss-reactive ketones (excluding diaryl/α,β-unsaturated/α-hetero) is 1. The highest BCUT2D eigenvalue weighted by atomic mass is 35.5. The molecule has 1 aliphatic carbocycles.